The van der Waals surface area contributed by atoms with Gasteiger partial charge in [0.05, 0.1) is 6.04 Å². The number of carboxylic acids is 1. The summed E-state index contributed by atoms with van der Waals surface area (Å²) < 4.78 is 0. The first-order valence-corrected chi connectivity index (χ1v) is 12.9. The van der Waals surface area contributed by atoms with E-state index in [1.54, 1.807) is 60.7 Å². The van der Waals surface area contributed by atoms with Gasteiger partial charge in [-0.15, -0.1) is 0 Å². The first-order valence-electron chi connectivity index (χ1n) is 12.9. The van der Waals surface area contributed by atoms with Gasteiger partial charge in [0, 0.05) is 12.8 Å². The molecule has 0 saturated heterocycles. The van der Waals surface area contributed by atoms with Gasteiger partial charge < -0.3 is 31.9 Å². The number of carbonyl (C=O) groups is 4. The van der Waals surface area contributed by atoms with Gasteiger partial charge in [-0.1, -0.05) is 72.8 Å². The van der Waals surface area contributed by atoms with Crippen LogP contribution in [0.2, 0.25) is 0 Å². The van der Waals surface area contributed by atoms with E-state index in [2.05, 4.69) is 16.0 Å². The maximum Gasteiger partial charge on any atom is 0.326 e. The molecule has 7 N–H and O–H groups in total. The molecule has 3 aromatic carbocycles. The van der Waals surface area contributed by atoms with E-state index in [9.17, 15) is 29.4 Å². The maximum atomic E-state index is 13.3. The molecule has 0 aromatic heterocycles. The van der Waals surface area contributed by atoms with Gasteiger partial charge in [-0.25, -0.2) is 4.79 Å². The topological polar surface area (TPSA) is 171 Å². The molecule has 0 heterocycles. The number of amides is 3. The lowest BCUT2D eigenvalue weighted by atomic mass is 10.0. The molecule has 0 aliphatic rings. The van der Waals surface area contributed by atoms with Crippen molar-refractivity contribution in [2.75, 3.05) is 0 Å². The summed E-state index contributed by atoms with van der Waals surface area (Å²) in [6, 6.07) is 19.9. The average molecular weight is 547 g/mol. The van der Waals surface area contributed by atoms with Gasteiger partial charge in [-0.05, 0) is 42.2 Å². The number of aromatic hydroxyl groups is 1. The Hall–Kier alpha value is -4.70. The second-order valence-corrected chi connectivity index (χ2v) is 9.55. The molecule has 0 aliphatic heterocycles. The molecule has 3 aromatic rings. The summed E-state index contributed by atoms with van der Waals surface area (Å²) in [6.07, 6.45) is 0.369. The molecule has 0 saturated carbocycles. The number of nitrogens with one attached hydrogen (secondary N) is 3. The molecule has 0 radical (unpaired) electrons. The van der Waals surface area contributed by atoms with Crippen molar-refractivity contribution in [3.8, 4) is 5.75 Å². The summed E-state index contributed by atoms with van der Waals surface area (Å²) in [5.74, 6) is -2.96. The van der Waals surface area contributed by atoms with Crippen LogP contribution in [-0.4, -0.2) is 58.1 Å². The zero-order chi connectivity index (χ0) is 29.1. The molecule has 3 rings (SSSR count). The molecule has 0 spiro atoms. The highest BCUT2D eigenvalue weighted by Gasteiger charge is 2.29. The first kappa shape index (κ1) is 29.9. The van der Waals surface area contributed by atoms with Crippen LogP contribution in [0.1, 0.15) is 23.6 Å². The Morgan fingerprint density at radius 1 is 0.650 bits per heavy atom. The molecule has 4 atom stereocenters. The standard InChI is InChI=1S/C30H34N4O6/c1-19(32-28(37)24(31)16-22-12-14-23(35)15-13-22)27(36)33-25(17-20-8-4-2-5-9-20)29(38)34-26(30(39)40)18-21-10-6-3-7-11-21/h2-15,19,24-26,35H,16-18,31H2,1H3,(H,32,37)(H,33,36)(H,34,38)(H,39,40). The molecule has 10 heteroatoms. The summed E-state index contributed by atoms with van der Waals surface area (Å²) in [5, 5.41) is 26.9. The molecule has 40 heavy (non-hydrogen) atoms. The number of rotatable bonds is 13. The second kappa shape index (κ2) is 14.5. The lowest BCUT2D eigenvalue weighted by Gasteiger charge is -2.24. The number of carboxylic acid groups (broad SMARTS) is 1. The molecule has 0 fully saturated rings. The second-order valence-electron chi connectivity index (χ2n) is 9.55. The lowest BCUT2D eigenvalue weighted by Crippen LogP contribution is -2.57. The van der Waals surface area contributed by atoms with Crippen molar-refractivity contribution in [1.29, 1.82) is 0 Å². The Labute approximate surface area is 232 Å². The van der Waals surface area contributed by atoms with Crippen molar-refractivity contribution in [3.63, 3.8) is 0 Å². The number of phenols is 1. The van der Waals surface area contributed by atoms with Gasteiger partial charge in [0.15, 0.2) is 0 Å². The van der Waals surface area contributed by atoms with Crippen molar-refractivity contribution in [2.24, 2.45) is 5.73 Å². The molecule has 210 valence electrons. The third kappa shape index (κ3) is 9.25. The van der Waals surface area contributed by atoms with Crippen LogP contribution in [0, 0.1) is 0 Å². The minimum Gasteiger partial charge on any atom is -0.508 e. The van der Waals surface area contributed by atoms with Crippen LogP contribution in [0.5, 0.6) is 5.75 Å². The van der Waals surface area contributed by atoms with E-state index in [1.165, 1.54) is 19.1 Å². The number of carbonyl (C=O) groups excluding carboxylic acids is 3. The highest BCUT2D eigenvalue weighted by Crippen LogP contribution is 2.11. The van der Waals surface area contributed by atoms with Crippen molar-refractivity contribution >= 4 is 23.7 Å². The van der Waals surface area contributed by atoms with Gasteiger partial charge in [0.2, 0.25) is 17.7 Å². The predicted molar refractivity (Wildman–Crippen MR) is 149 cm³/mol. The molecule has 4 unspecified atom stereocenters. The number of hydrogen-bond donors (Lipinski definition) is 6. The number of phenolic OH excluding ortho intramolecular Hbond substituents is 1. The molecule has 0 aliphatic carbocycles. The fraction of sp³-hybridized carbons (Fsp3) is 0.267. The van der Waals surface area contributed by atoms with Crippen molar-refractivity contribution < 1.29 is 29.4 Å². The lowest BCUT2D eigenvalue weighted by molar-refractivity contribution is -0.142. The third-order valence-corrected chi connectivity index (χ3v) is 6.29. The summed E-state index contributed by atoms with van der Waals surface area (Å²) in [5.41, 5.74) is 8.23. The number of nitrogens with two attached hydrogens (primary N) is 1. The highest BCUT2D eigenvalue weighted by molar-refractivity contribution is 5.94. The van der Waals surface area contributed by atoms with Gasteiger partial charge >= 0.3 is 5.97 Å². The summed E-state index contributed by atoms with van der Waals surface area (Å²) in [6.45, 7) is 1.47. The summed E-state index contributed by atoms with van der Waals surface area (Å²) in [7, 11) is 0. The SMILES string of the molecule is CC(NC(=O)C(N)Cc1ccc(O)cc1)C(=O)NC(Cc1ccccc1)C(=O)NC(Cc1ccccc1)C(=O)O. The van der Waals surface area contributed by atoms with E-state index in [1.807, 2.05) is 12.1 Å². The summed E-state index contributed by atoms with van der Waals surface area (Å²) >= 11 is 0. The minimum absolute atomic E-state index is 0.0687. The van der Waals surface area contributed by atoms with Crippen molar-refractivity contribution in [1.82, 2.24) is 16.0 Å². The molecular weight excluding hydrogens is 512 g/mol. The third-order valence-electron chi connectivity index (χ3n) is 6.29. The largest absolute Gasteiger partial charge is 0.508 e. The molecule has 10 nitrogen and oxygen atoms in total. The van der Waals surface area contributed by atoms with Crippen LogP contribution in [-0.2, 0) is 38.4 Å². The van der Waals surface area contributed by atoms with E-state index in [0.717, 1.165) is 16.7 Å². The number of hydrogen-bond acceptors (Lipinski definition) is 6. The van der Waals surface area contributed by atoms with Gasteiger partial charge in [-0.2, -0.15) is 0 Å². The van der Waals surface area contributed by atoms with Crippen LogP contribution in [0.3, 0.4) is 0 Å². The number of aliphatic carboxylic acids is 1. The van der Waals surface area contributed by atoms with Crippen LogP contribution in [0.4, 0.5) is 0 Å². The quantitative estimate of drug-likeness (QED) is 0.188. The Morgan fingerprint density at radius 3 is 1.65 bits per heavy atom. The summed E-state index contributed by atoms with van der Waals surface area (Å²) in [4.78, 5) is 50.8. The maximum absolute atomic E-state index is 13.3. The monoisotopic (exact) mass is 546 g/mol. The van der Waals surface area contributed by atoms with E-state index in [0.29, 0.717) is 0 Å². The van der Waals surface area contributed by atoms with E-state index >= 15 is 0 Å². The van der Waals surface area contributed by atoms with Crippen LogP contribution >= 0.6 is 0 Å². The fourth-order valence-electron chi connectivity index (χ4n) is 4.04. The highest BCUT2D eigenvalue weighted by atomic mass is 16.4. The molecule has 3 amide bonds. The van der Waals surface area contributed by atoms with E-state index in [-0.39, 0.29) is 25.0 Å². The zero-order valence-electron chi connectivity index (χ0n) is 22.1. The van der Waals surface area contributed by atoms with Crippen molar-refractivity contribution in [2.45, 2.75) is 50.4 Å². The minimum atomic E-state index is -1.21. The average Bonchev–Trinajstić information content (AvgIpc) is 2.94. The van der Waals surface area contributed by atoms with Gasteiger partial charge in [0.1, 0.15) is 23.9 Å². The van der Waals surface area contributed by atoms with E-state index < -0.39 is 47.9 Å². The van der Waals surface area contributed by atoms with Crippen LogP contribution in [0.15, 0.2) is 84.9 Å². The Balaban J connectivity index is 1.66. The fourth-order valence-corrected chi connectivity index (χ4v) is 4.04. The molecule has 0 bridgehead atoms. The smallest absolute Gasteiger partial charge is 0.326 e. The van der Waals surface area contributed by atoms with Crippen LogP contribution < -0.4 is 21.7 Å². The van der Waals surface area contributed by atoms with Crippen LogP contribution in [0.25, 0.3) is 0 Å². The first-order chi connectivity index (χ1) is 19.1. The molecular formula is C30H34N4O6. The van der Waals surface area contributed by atoms with Crippen molar-refractivity contribution in [3.05, 3.63) is 102 Å². The predicted octanol–water partition coefficient (Wildman–Crippen LogP) is 1.31. The normalized spacial score (nSPS) is 13.8. The van der Waals surface area contributed by atoms with Gasteiger partial charge in [0.25, 0.3) is 0 Å². The Bertz CT molecular complexity index is 1280. The number of benzene rings is 3. The zero-order valence-corrected chi connectivity index (χ0v) is 22.1. The van der Waals surface area contributed by atoms with E-state index in [4.69, 9.17) is 5.73 Å². The Kier molecular flexibility index (Phi) is 10.8. The Morgan fingerprint density at radius 2 is 1.12 bits per heavy atom. The van der Waals surface area contributed by atoms with Gasteiger partial charge in [-0.3, -0.25) is 14.4 Å².